The minimum Gasteiger partial charge on any atom is -0.491 e. The first-order valence-corrected chi connectivity index (χ1v) is 11.9. The number of carboxylic acid groups (broad SMARTS) is 1. The van der Waals surface area contributed by atoms with Crippen LogP contribution in [0.5, 0.6) is 5.75 Å². The first-order valence-electron chi connectivity index (χ1n) is 11.9. The second kappa shape index (κ2) is 8.89. The van der Waals surface area contributed by atoms with E-state index in [1.807, 2.05) is 12.3 Å². The molecule has 3 aromatic rings. The van der Waals surface area contributed by atoms with Crippen LogP contribution in [0.3, 0.4) is 0 Å². The molecule has 0 fully saturated rings. The predicted octanol–water partition coefficient (Wildman–Crippen LogP) is 5.92. The minimum atomic E-state index is -0.824. The van der Waals surface area contributed by atoms with Gasteiger partial charge in [-0.3, -0.25) is 9.78 Å². The van der Waals surface area contributed by atoms with Crippen LogP contribution < -0.4 is 10.1 Å². The van der Waals surface area contributed by atoms with Crippen LogP contribution in [0.25, 0.3) is 11.1 Å². The van der Waals surface area contributed by atoms with Gasteiger partial charge in [0.15, 0.2) is 0 Å². The number of carbonyl (C=O) groups is 1. The number of aromatic nitrogens is 1. The number of nitrogens with zero attached hydrogens (tertiary/aromatic N) is 1. The molecular weight excluding hydrogens is 412 g/mol. The molecule has 0 spiro atoms. The van der Waals surface area contributed by atoms with Crippen molar-refractivity contribution >= 4 is 11.7 Å². The first-order chi connectivity index (χ1) is 16.1. The van der Waals surface area contributed by atoms with E-state index in [-0.39, 0.29) is 18.4 Å². The molecular formula is C28H30N2O3. The number of benzene rings is 2. The van der Waals surface area contributed by atoms with Crippen molar-refractivity contribution in [2.45, 2.75) is 57.9 Å². The number of nitrogens with one attached hydrogen (secondary N) is 1. The smallest absolute Gasteiger partial charge is 0.304 e. The Morgan fingerprint density at radius 3 is 2.64 bits per heavy atom. The molecule has 170 valence electrons. The van der Waals surface area contributed by atoms with Crippen LogP contribution in [0.2, 0.25) is 0 Å². The second-order valence-electron chi connectivity index (χ2n) is 8.98. The Hall–Kier alpha value is -3.34. The van der Waals surface area contributed by atoms with Gasteiger partial charge in [0.25, 0.3) is 0 Å². The van der Waals surface area contributed by atoms with Gasteiger partial charge < -0.3 is 15.2 Å². The van der Waals surface area contributed by atoms with E-state index in [0.29, 0.717) is 12.4 Å². The van der Waals surface area contributed by atoms with E-state index >= 15 is 0 Å². The molecule has 1 aromatic heterocycles. The lowest BCUT2D eigenvalue weighted by atomic mass is 9.88. The van der Waals surface area contributed by atoms with E-state index < -0.39 is 5.97 Å². The number of ether oxygens (including phenoxy) is 1. The highest BCUT2D eigenvalue weighted by Gasteiger charge is 2.30. The standard InChI is InChI=1S/C28H30N2O3/c1-3-17-7-5-8-18(4-2)27(17)23-10-6-9-22-21(23)11-12-24(22)30-20-14-25-28(29-15-20)19(16-33-25)13-26(31)32/h5-10,14-15,19,24,30H,3-4,11-13,16H2,1-2H3,(H,31,32)/t19?,24-/m1/s1. The Bertz CT molecular complexity index is 1180. The topological polar surface area (TPSA) is 71.5 Å². The highest BCUT2D eigenvalue weighted by molar-refractivity contribution is 5.76. The van der Waals surface area contributed by atoms with Gasteiger partial charge in [0.2, 0.25) is 0 Å². The van der Waals surface area contributed by atoms with Crippen LogP contribution in [-0.4, -0.2) is 22.7 Å². The molecule has 1 aliphatic carbocycles. The number of carboxylic acids is 1. The molecule has 0 saturated carbocycles. The van der Waals surface area contributed by atoms with E-state index in [4.69, 9.17) is 9.84 Å². The fourth-order valence-electron chi connectivity index (χ4n) is 5.42. The van der Waals surface area contributed by atoms with Gasteiger partial charge in [0.1, 0.15) is 5.75 Å². The summed E-state index contributed by atoms with van der Waals surface area (Å²) in [6, 6.07) is 15.6. The molecule has 33 heavy (non-hydrogen) atoms. The molecule has 5 nitrogen and oxygen atoms in total. The van der Waals surface area contributed by atoms with Crippen molar-refractivity contribution in [2.75, 3.05) is 11.9 Å². The highest BCUT2D eigenvalue weighted by atomic mass is 16.5. The Labute approximate surface area is 194 Å². The van der Waals surface area contributed by atoms with E-state index in [9.17, 15) is 4.79 Å². The van der Waals surface area contributed by atoms with Crippen LogP contribution in [0, 0.1) is 0 Å². The number of aliphatic carboxylic acids is 1. The lowest BCUT2D eigenvalue weighted by Gasteiger charge is -2.19. The summed E-state index contributed by atoms with van der Waals surface area (Å²) < 4.78 is 5.75. The zero-order valence-corrected chi connectivity index (χ0v) is 19.2. The molecule has 0 radical (unpaired) electrons. The summed E-state index contributed by atoms with van der Waals surface area (Å²) in [4.78, 5) is 15.6. The maximum absolute atomic E-state index is 11.1. The van der Waals surface area contributed by atoms with Gasteiger partial charge in [-0.1, -0.05) is 50.2 Å². The number of fused-ring (bicyclic) bond motifs is 2. The number of anilines is 1. The summed E-state index contributed by atoms with van der Waals surface area (Å²) in [5.74, 6) is -0.301. The average Bonchev–Trinajstić information content (AvgIpc) is 3.42. The second-order valence-corrected chi connectivity index (χ2v) is 8.98. The van der Waals surface area contributed by atoms with E-state index in [1.54, 1.807) is 0 Å². The van der Waals surface area contributed by atoms with Crippen molar-refractivity contribution in [3.63, 3.8) is 0 Å². The van der Waals surface area contributed by atoms with Gasteiger partial charge in [-0.25, -0.2) is 0 Å². The van der Waals surface area contributed by atoms with Crippen LogP contribution in [0.1, 0.15) is 66.6 Å². The van der Waals surface area contributed by atoms with E-state index in [2.05, 4.69) is 60.5 Å². The highest BCUT2D eigenvalue weighted by Crippen LogP contribution is 2.42. The summed E-state index contributed by atoms with van der Waals surface area (Å²) in [6.07, 6.45) is 5.98. The molecule has 5 heteroatoms. The molecule has 0 saturated heterocycles. The first kappa shape index (κ1) is 21.5. The third-order valence-corrected chi connectivity index (χ3v) is 7.01. The van der Waals surface area contributed by atoms with Gasteiger partial charge in [-0.15, -0.1) is 0 Å². The maximum atomic E-state index is 11.1. The molecule has 2 aliphatic rings. The third-order valence-electron chi connectivity index (χ3n) is 7.01. The van der Waals surface area contributed by atoms with Crippen LogP contribution in [0.15, 0.2) is 48.7 Å². The van der Waals surface area contributed by atoms with Crippen molar-refractivity contribution in [3.05, 3.63) is 76.6 Å². The lowest BCUT2D eigenvalue weighted by molar-refractivity contribution is -0.137. The summed E-state index contributed by atoms with van der Waals surface area (Å²) in [5.41, 5.74) is 10.1. The normalized spacial score (nSPS) is 18.5. The summed E-state index contributed by atoms with van der Waals surface area (Å²) in [6.45, 7) is 4.84. The predicted molar refractivity (Wildman–Crippen MR) is 130 cm³/mol. The van der Waals surface area contributed by atoms with E-state index in [0.717, 1.165) is 37.1 Å². The van der Waals surface area contributed by atoms with Gasteiger partial charge >= 0.3 is 5.97 Å². The quantitative estimate of drug-likeness (QED) is 0.475. The van der Waals surface area contributed by atoms with Gasteiger partial charge in [0.05, 0.1) is 36.6 Å². The largest absolute Gasteiger partial charge is 0.491 e. The fraction of sp³-hybridized carbons (Fsp3) is 0.357. The average molecular weight is 443 g/mol. The Morgan fingerprint density at radius 1 is 1.15 bits per heavy atom. The number of hydrogen-bond donors (Lipinski definition) is 2. The molecule has 0 amide bonds. The van der Waals surface area contributed by atoms with Gasteiger partial charge in [-0.2, -0.15) is 0 Å². The van der Waals surface area contributed by atoms with Crippen molar-refractivity contribution < 1.29 is 14.6 Å². The Morgan fingerprint density at radius 2 is 1.91 bits per heavy atom. The van der Waals surface area contributed by atoms with E-state index in [1.165, 1.54) is 33.4 Å². The van der Waals surface area contributed by atoms with Gasteiger partial charge in [-0.05, 0) is 59.1 Å². The molecule has 1 aliphatic heterocycles. The van der Waals surface area contributed by atoms with Crippen molar-refractivity contribution in [1.29, 1.82) is 0 Å². The molecule has 2 N–H and O–H groups in total. The SMILES string of the molecule is CCc1cccc(CC)c1-c1cccc2c1CC[C@H]2Nc1cnc2c(c1)OCC2CC(=O)O. The van der Waals surface area contributed by atoms with Crippen LogP contribution in [-0.2, 0) is 24.1 Å². The Balaban J connectivity index is 1.43. The number of pyridine rings is 1. The number of aryl methyl sites for hydroxylation is 2. The molecule has 2 aromatic carbocycles. The molecule has 1 unspecified atom stereocenters. The van der Waals surface area contributed by atoms with Crippen molar-refractivity contribution in [2.24, 2.45) is 0 Å². The number of rotatable bonds is 7. The zero-order valence-electron chi connectivity index (χ0n) is 19.2. The Kier molecular flexibility index (Phi) is 5.79. The molecule has 0 bridgehead atoms. The lowest BCUT2D eigenvalue weighted by Crippen LogP contribution is -2.09. The van der Waals surface area contributed by atoms with Crippen LogP contribution in [0.4, 0.5) is 5.69 Å². The zero-order chi connectivity index (χ0) is 22.9. The minimum absolute atomic E-state index is 0.0462. The van der Waals surface area contributed by atoms with Gasteiger partial charge in [0, 0.05) is 12.0 Å². The molecule has 5 rings (SSSR count). The maximum Gasteiger partial charge on any atom is 0.304 e. The monoisotopic (exact) mass is 442 g/mol. The molecule has 2 atom stereocenters. The summed E-state index contributed by atoms with van der Waals surface area (Å²) in [5, 5.41) is 12.8. The van der Waals surface area contributed by atoms with Crippen molar-refractivity contribution in [3.8, 4) is 16.9 Å². The third kappa shape index (κ3) is 3.97. The number of hydrogen-bond acceptors (Lipinski definition) is 4. The van der Waals surface area contributed by atoms with Crippen molar-refractivity contribution in [1.82, 2.24) is 4.98 Å². The summed E-state index contributed by atoms with van der Waals surface area (Å²) >= 11 is 0. The fourth-order valence-corrected chi connectivity index (χ4v) is 5.42. The summed E-state index contributed by atoms with van der Waals surface area (Å²) in [7, 11) is 0. The molecule has 2 heterocycles. The van der Waals surface area contributed by atoms with Crippen LogP contribution >= 0.6 is 0 Å².